The van der Waals surface area contributed by atoms with Gasteiger partial charge in [0.15, 0.2) is 11.6 Å². The van der Waals surface area contributed by atoms with E-state index in [0.29, 0.717) is 16.5 Å². The van der Waals surface area contributed by atoms with Crippen LogP contribution in [0, 0.1) is 28.9 Å². The van der Waals surface area contributed by atoms with Gasteiger partial charge in [0.25, 0.3) is 5.92 Å². The van der Waals surface area contributed by atoms with E-state index in [-0.39, 0.29) is 82.8 Å². The second-order valence-electron chi connectivity index (χ2n) is 12.0. The molecular formula is C30H28F4N6O4S. The Morgan fingerprint density at radius 1 is 1.24 bits per heavy atom. The number of aromatic nitrogens is 3. The number of carbonyl (C=O) groups excluding carboxylic acids is 1. The van der Waals surface area contributed by atoms with E-state index in [4.69, 9.17) is 14.2 Å². The molecule has 1 N–H and O–H groups in total. The molecule has 0 radical (unpaired) electrons. The summed E-state index contributed by atoms with van der Waals surface area (Å²) in [7, 11) is 1.75. The maximum Gasteiger partial charge on any atom is 0.412 e. The molecule has 1 atom stereocenters. The van der Waals surface area contributed by atoms with Crippen molar-refractivity contribution in [1.82, 2.24) is 19.9 Å². The molecule has 1 amide bonds. The number of nitrogens with zero attached hydrogens (tertiary/aromatic N) is 5. The van der Waals surface area contributed by atoms with Crippen molar-refractivity contribution in [3.63, 3.8) is 0 Å². The van der Waals surface area contributed by atoms with Crippen LogP contribution in [-0.2, 0) is 22.7 Å². The Kier molecular flexibility index (Phi) is 7.78. The molecule has 1 saturated heterocycles. The maximum absolute atomic E-state index is 16.6. The lowest BCUT2D eigenvalue weighted by atomic mass is 9.94. The number of piperidine rings is 1. The molecule has 5 heterocycles. The van der Waals surface area contributed by atoms with Crippen LogP contribution in [0.3, 0.4) is 0 Å². The molecule has 0 aliphatic carbocycles. The number of nitriles is 1. The van der Waals surface area contributed by atoms with Gasteiger partial charge in [0.1, 0.15) is 28.8 Å². The third kappa shape index (κ3) is 5.73. The number of alkyl halides is 2. The molecule has 1 unspecified atom stereocenters. The van der Waals surface area contributed by atoms with E-state index in [2.05, 4.69) is 20.3 Å². The average Bonchev–Trinajstić information content (AvgIpc) is 3.59. The third-order valence-corrected chi connectivity index (χ3v) is 8.79. The van der Waals surface area contributed by atoms with Crippen LogP contribution in [0.1, 0.15) is 43.9 Å². The molecule has 236 valence electrons. The molecular weight excluding hydrogens is 616 g/mol. The number of anilines is 1. The van der Waals surface area contributed by atoms with Gasteiger partial charge in [-0.05, 0) is 38.9 Å². The molecule has 0 bridgehead atoms. The highest BCUT2D eigenvalue weighted by atomic mass is 32.1. The zero-order chi connectivity index (χ0) is 32.3. The normalized spacial score (nSPS) is 18.2. The fourth-order valence-corrected chi connectivity index (χ4v) is 6.60. The summed E-state index contributed by atoms with van der Waals surface area (Å²) in [6.45, 7) is 5.09. The van der Waals surface area contributed by atoms with Crippen molar-refractivity contribution < 1.29 is 36.6 Å². The van der Waals surface area contributed by atoms with E-state index in [1.807, 2.05) is 6.07 Å². The number of rotatable bonds is 5. The molecule has 0 saturated carbocycles. The number of halogens is 4. The van der Waals surface area contributed by atoms with E-state index in [1.54, 1.807) is 32.7 Å². The van der Waals surface area contributed by atoms with E-state index in [1.165, 1.54) is 6.20 Å². The second-order valence-corrected chi connectivity index (χ2v) is 13.1. The van der Waals surface area contributed by atoms with Gasteiger partial charge >= 0.3 is 12.1 Å². The average molecular weight is 645 g/mol. The first kappa shape index (κ1) is 30.9. The van der Waals surface area contributed by atoms with Crippen molar-refractivity contribution in [2.24, 2.45) is 5.92 Å². The SMILES string of the molecule is CN1CCC(F)(F)C(COc2ncc3c4c(c(-c5ncc(F)c6sc(NC(=O)OC(C)(C)C)c(C#N)c56)c(F)c3n2)COC4)C1. The Morgan fingerprint density at radius 3 is 2.73 bits per heavy atom. The molecule has 10 nitrogen and oxygen atoms in total. The number of benzene rings is 1. The highest BCUT2D eigenvalue weighted by Crippen LogP contribution is 2.46. The van der Waals surface area contributed by atoms with Crippen LogP contribution in [0.4, 0.5) is 27.4 Å². The van der Waals surface area contributed by atoms with Crippen molar-refractivity contribution in [2.45, 2.75) is 51.9 Å². The Balaban J connectivity index is 1.45. The first-order chi connectivity index (χ1) is 21.3. The van der Waals surface area contributed by atoms with E-state index in [9.17, 15) is 18.8 Å². The van der Waals surface area contributed by atoms with Crippen molar-refractivity contribution in [3.8, 4) is 23.3 Å². The molecule has 2 aliphatic rings. The summed E-state index contributed by atoms with van der Waals surface area (Å²) < 4.78 is 77.2. The fraction of sp³-hybridized carbons (Fsp3) is 0.433. The minimum Gasteiger partial charge on any atom is -0.463 e. The first-order valence-electron chi connectivity index (χ1n) is 14.1. The zero-order valence-corrected chi connectivity index (χ0v) is 25.6. The summed E-state index contributed by atoms with van der Waals surface area (Å²) in [6.07, 6.45) is 1.11. The maximum atomic E-state index is 16.6. The van der Waals surface area contributed by atoms with Crippen LogP contribution in [-0.4, -0.2) is 64.2 Å². The van der Waals surface area contributed by atoms with Gasteiger partial charge in [-0.3, -0.25) is 10.3 Å². The number of amides is 1. The minimum atomic E-state index is -2.93. The van der Waals surface area contributed by atoms with Gasteiger partial charge in [0, 0.05) is 42.0 Å². The van der Waals surface area contributed by atoms with Crippen molar-refractivity contribution in [2.75, 3.05) is 32.1 Å². The first-order valence-corrected chi connectivity index (χ1v) is 14.9. The molecule has 15 heteroatoms. The fourth-order valence-electron chi connectivity index (χ4n) is 5.56. The van der Waals surface area contributed by atoms with E-state index in [0.717, 1.165) is 17.5 Å². The highest BCUT2D eigenvalue weighted by Gasteiger charge is 2.43. The number of likely N-dealkylation sites (tertiary alicyclic amines) is 1. The third-order valence-electron chi connectivity index (χ3n) is 7.68. The highest BCUT2D eigenvalue weighted by molar-refractivity contribution is 7.23. The predicted octanol–water partition coefficient (Wildman–Crippen LogP) is 6.40. The number of pyridine rings is 1. The summed E-state index contributed by atoms with van der Waals surface area (Å²) >= 11 is 0.790. The molecule has 1 aromatic carbocycles. The monoisotopic (exact) mass is 644 g/mol. The standard InChI is InChI=1S/C30H28F4N6O4S/c1-29(2,3)44-28(41)39-26-15(7-35)21-24(36-9-19(31)25(21)45-26)20-18-13-42-12-17(18)16-8-37-27(38-23(16)22(20)32)43-11-14-10-40(4)6-5-30(14,33)34/h8-9,14H,5-6,10-13H2,1-4H3,(H,39,41). The zero-order valence-electron chi connectivity index (χ0n) is 24.8. The van der Waals surface area contributed by atoms with Gasteiger partial charge in [-0.25, -0.2) is 27.3 Å². The number of fused-ring (bicyclic) bond motifs is 4. The largest absolute Gasteiger partial charge is 0.463 e. The lowest BCUT2D eigenvalue weighted by molar-refractivity contribution is -0.113. The van der Waals surface area contributed by atoms with Gasteiger partial charge < -0.3 is 19.1 Å². The number of hydrogen-bond donors (Lipinski definition) is 1. The van der Waals surface area contributed by atoms with Crippen LogP contribution in [0.5, 0.6) is 6.01 Å². The van der Waals surface area contributed by atoms with Crippen LogP contribution < -0.4 is 10.1 Å². The van der Waals surface area contributed by atoms with Crippen LogP contribution in [0.25, 0.3) is 32.2 Å². The van der Waals surface area contributed by atoms with Crippen molar-refractivity contribution in [1.29, 1.82) is 5.26 Å². The molecule has 2 aliphatic heterocycles. The Bertz CT molecular complexity index is 1890. The Hall–Kier alpha value is -4.13. The number of thiophene rings is 1. The van der Waals surface area contributed by atoms with Crippen molar-refractivity contribution >= 4 is 43.4 Å². The molecule has 6 rings (SSSR count). The number of hydrogen-bond acceptors (Lipinski definition) is 10. The van der Waals surface area contributed by atoms with Gasteiger partial charge in [-0.15, -0.1) is 11.3 Å². The molecule has 3 aromatic heterocycles. The van der Waals surface area contributed by atoms with Gasteiger partial charge in [0.2, 0.25) is 0 Å². The summed E-state index contributed by atoms with van der Waals surface area (Å²) in [6, 6.07) is 1.70. The lowest BCUT2D eigenvalue weighted by Crippen LogP contribution is -2.47. The quantitative estimate of drug-likeness (QED) is 0.246. The Morgan fingerprint density at radius 2 is 2.00 bits per heavy atom. The molecule has 45 heavy (non-hydrogen) atoms. The number of nitrogens with one attached hydrogen (secondary N) is 1. The molecule has 1 fully saturated rings. The molecule has 4 aromatic rings. The minimum absolute atomic E-state index is 0.00432. The second kappa shape index (κ2) is 11.3. The van der Waals surface area contributed by atoms with Crippen LogP contribution in [0.15, 0.2) is 12.4 Å². The van der Waals surface area contributed by atoms with Crippen molar-refractivity contribution in [3.05, 3.63) is 40.7 Å². The van der Waals surface area contributed by atoms with Crippen LogP contribution in [0.2, 0.25) is 0 Å². The summed E-state index contributed by atoms with van der Waals surface area (Å²) in [4.78, 5) is 26.9. The number of ether oxygens (including phenoxy) is 3. The summed E-state index contributed by atoms with van der Waals surface area (Å²) in [5, 5.41) is 12.9. The number of carbonyl (C=O) groups is 1. The van der Waals surface area contributed by atoms with E-state index >= 15 is 8.78 Å². The van der Waals surface area contributed by atoms with Crippen LogP contribution >= 0.6 is 11.3 Å². The van der Waals surface area contributed by atoms with Gasteiger partial charge in [0.05, 0.1) is 41.3 Å². The topological polar surface area (TPSA) is 122 Å². The molecule has 0 spiro atoms. The summed E-state index contributed by atoms with van der Waals surface area (Å²) in [5.74, 6) is -5.67. The summed E-state index contributed by atoms with van der Waals surface area (Å²) in [5.41, 5.74) is -0.273. The lowest BCUT2D eigenvalue weighted by Gasteiger charge is -2.36. The smallest absolute Gasteiger partial charge is 0.412 e. The van der Waals surface area contributed by atoms with Gasteiger partial charge in [-0.2, -0.15) is 10.2 Å². The van der Waals surface area contributed by atoms with Gasteiger partial charge in [-0.1, -0.05) is 0 Å². The predicted molar refractivity (Wildman–Crippen MR) is 157 cm³/mol. The Labute approximate surface area is 258 Å². The van der Waals surface area contributed by atoms with E-state index < -0.39 is 35.2 Å².